The van der Waals surface area contributed by atoms with Gasteiger partial charge in [-0.1, -0.05) is 20.8 Å². The van der Waals surface area contributed by atoms with Gasteiger partial charge in [-0.3, -0.25) is 0 Å². The van der Waals surface area contributed by atoms with Crippen molar-refractivity contribution in [3.05, 3.63) is 35.4 Å². The van der Waals surface area contributed by atoms with Crippen LogP contribution >= 0.6 is 0 Å². The zero-order chi connectivity index (χ0) is 14.0. The first-order chi connectivity index (χ1) is 8.85. The Morgan fingerprint density at radius 3 is 2.68 bits per heavy atom. The molecule has 2 atom stereocenters. The van der Waals surface area contributed by atoms with Crippen LogP contribution < -0.4 is 5.32 Å². The van der Waals surface area contributed by atoms with Crippen molar-refractivity contribution in [1.82, 2.24) is 5.32 Å². The molecule has 0 bridgehead atoms. The third-order valence-corrected chi connectivity index (χ3v) is 3.20. The normalized spacial score (nSPS) is 24.5. The molecule has 1 aliphatic rings. The van der Waals surface area contributed by atoms with E-state index < -0.39 is 17.7 Å². The van der Waals surface area contributed by atoms with Gasteiger partial charge in [0.25, 0.3) is 0 Å². The average Bonchev–Trinajstić information content (AvgIpc) is 2.30. The molecule has 0 radical (unpaired) electrons. The molecular weight excluding hydrogens is 248 g/mol. The lowest BCUT2D eigenvalue weighted by molar-refractivity contribution is -0.0566. The van der Waals surface area contributed by atoms with Crippen molar-refractivity contribution in [1.29, 1.82) is 0 Å². The molecule has 1 aromatic carbocycles. The standard InChI is InChI=1S/C15H21F2NO/c1-15(2,3)7-11-8-18-9-14(19-11)12-6-10(16)4-5-13(12)17/h4-6,11,14,18H,7-9H2,1-3H3. The van der Waals surface area contributed by atoms with Crippen molar-refractivity contribution in [3.63, 3.8) is 0 Å². The van der Waals surface area contributed by atoms with Gasteiger partial charge in [0, 0.05) is 18.7 Å². The van der Waals surface area contributed by atoms with E-state index in [9.17, 15) is 8.78 Å². The number of nitrogens with one attached hydrogen (secondary N) is 1. The molecule has 2 unspecified atom stereocenters. The van der Waals surface area contributed by atoms with Crippen LogP contribution in [-0.2, 0) is 4.74 Å². The van der Waals surface area contributed by atoms with Gasteiger partial charge < -0.3 is 10.1 Å². The number of morpholine rings is 1. The lowest BCUT2D eigenvalue weighted by Crippen LogP contribution is -2.42. The summed E-state index contributed by atoms with van der Waals surface area (Å²) in [5.74, 6) is -0.845. The van der Waals surface area contributed by atoms with E-state index >= 15 is 0 Å². The van der Waals surface area contributed by atoms with Crippen LogP contribution in [-0.4, -0.2) is 19.2 Å². The Labute approximate surface area is 113 Å². The van der Waals surface area contributed by atoms with Crippen molar-refractivity contribution in [2.24, 2.45) is 5.41 Å². The maximum atomic E-state index is 13.7. The third-order valence-electron chi connectivity index (χ3n) is 3.20. The van der Waals surface area contributed by atoms with E-state index in [1.807, 2.05) is 0 Å². The van der Waals surface area contributed by atoms with Gasteiger partial charge in [-0.05, 0) is 30.0 Å². The fourth-order valence-corrected chi connectivity index (χ4v) is 2.45. The smallest absolute Gasteiger partial charge is 0.129 e. The largest absolute Gasteiger partial charge is 0.368 e. The minimum atomic E-state index is -0.432. The number of hydrogen-bond acceptors (Lipinski definition) is 2. The Bertz CT molecular complexity index is 442. The average molecular weight is 269 g/mol. The van der Waals surface area contributed by atoms with Crippen molar-refractivity contribution in [3.8, 4) is 0 Å². The van der Waals surface area contributed by atoms with Crippen LogP contribution in [0.2, 0.25) is 0 Å². The molecule has 19 heavy (non-hydrogen) atoms. The van der Waals surface area contributed by atoms with Crippen LogP contribution in [0.15, 0.2) is 18.2 Å². The molecule has 4 heteroatoms. The Hall–Kier alpha value is -1.00. The number of hydrogen-bond donors (Lipinski definition) is 1. The molecule has 0 aromatic heterocycles. The first-order valence-corrected chi connectivity index (χ1v) is 6.66. The van der Waals surface area contributed by atoms with E-state index in [0.717, 1.165) is 25.1 Å². The van der Waals surface area contributed by atoms with Gasteiger partial charge in [0.1, 0.15) is 11.6 Å². The van der Waals surface area contributed by atoms with E-state index in [1.54, 1.807) is 0 Å². The van der Waals surface area contributed by atoms with Gasteiger partial charge in [0.15, 0.2) is 0 Å². The molecule has 2 rings (SSSR count). The monoisotopic (exact) mass is 269 g/mol. The fraction of sp³-hybridized carbons (Fsp3) is 0.600. The zero-order valence-electron chi connectivity index (χ0n) is 11.7. The molecule has 1 fully saturated rings. The molecular formula is C15H21F2NO. The predicted molar refractivity (Wildman–Crippen MR) is 70.9 cm³/mol. The Morgan fingerprint density at radius 1 is 1.26 bits per heavy atom. The summed E-state index contributed by atoms with van der Waals surface area (Å²) in [7, 11) is 0. The molecule has 1 heterocycles. The summed E-state index contributed by atoms with van der Waals surface area (Å²) in [6, 6.07) is 3.50. The first kappa shape index (κ1) is 14.4. The summed E-state index contributed by atoms with van der Waals surface area (Å²) < 4.78 is 32.9. The van der Waals surface area contributed by atoms with E-state index in [2.05, 4.69) is 26.1 Å². The molecule has 0 amide bonds. The first-order valence-electron chi connectivity index (χ1n) is 6.66. The van der Waals surface area contributed by atoms with Crippen LogP contribution in [0.5, 0.6) is 0 Å². The Balaban J connectivity index is 2.10. The van der Waals surface area contributed by atoms with Crippen LogP contribution in [0.25, 0.3) is 0 Å². The predicted octanol–water partition coefficient (Wildman–Crippen LogP) is 3.43. The quantitative estimate of drug-likeness (QED) is 0.888. The minimum Gasteiger partial charge on any atom is -0.368 e. The van der Waals surface area contributed by atoms with Crippen molar-refractivity contribution < 1.29 is 13.5 Å². The van der Waals surface area contributed by atoms with E-state index in [0.29, 0.717) is 12.1 Å². The lowest BCUT2D eigenvalue weighted by Gasteiger charge is -2.34. The maximum absolute atomic E-state index is 13.7. The van der Waals surface area contributed by atoms with Gasteiger partial charge >= 0.3 is 0 Å². The second kappa shape index (κ2) is 5.55. The number of ether oxygens (including phenoxy) is 1. The zero-order valence-corrected chi connectivity index (χ0v) is 11.7. The second-order valence-corrected chi connectivity index (χ2v) is 6.34. The summed E-state index contributed by atoms with van der Waals surface area (Å²) in [6.45, 7) is 7.69. The number of rotatable bonds is 2. The minimum absolute atomic E-state index is 0.0291. The van der Waals surface area contributed by atoms with Gasteiger partial charge in [-0.2, -0.15) is 0 Å². The molecule has 0 aliphatic carbocycles. The van der Waals surface area contributed by atoms with E-state index in [1.165, 1.54) is 6.07 Å². The van der Waals surface area contributed by atoms with Crippen molar-refractivity contribution in [2.45, 2.75) is 39.4 Å². The molecule has 1 N–H and O–H groups in total. The molecule has 1 saturated heterocycles. The molecule has 0 saturated carbocycles. The molecule has 106 valence electrons. The summed E-state index contributed by atoms with van der Waals surface area (Å²) in [4.78, 5) is 0. The highest BCUT2D eigenvalue weighted by Gasteiger charge is 2.28. The number of halogens is 2. The van der Waals surface area contributed by atoms with Gasteiger partial charge in [-0.15, -0.1) is 0 Å². The van der Waals surface area contributed by atoms with E-state index in [4.69, 9.17) is 4.74 Å². The topological polar surface area (TPSA) is 21.3 Å². The third kappa shape index (κ3) is 3.98. The van der Waals surface area contributed by atoms with Gasteiger partial charge in [-0.25, -0.2) is 8.78 Å². The van der Waals surface area contributed by atoms with E-state index in [-0.39, 0.29) is 11.5 Å². The molecule has 1 aromatic rings. The number of benzene rings is 1. The highest BCUT2D eigenvalue weighted by atomic mass is 19.1. The SMILES string of the molecule is CC(C)(C)CC1CNCC(c2cc(F)ccc2F)O1. The van der Waals surface area contributed by atoms with Crippen LogP contribution in [0, 0.1) is 17.0 Å². The fourth-order valence-electron chi connectivity index (χ4n) is 2.45. The molecule has 1 aliphatic heterocycles. The van der Waals surface area contributed by atoms with Crippen molar-refractivity contribution >= 4 is 0 Å². The summed E-state index contributed by atoms with van der Waals surface area (Å²) >= 11 is 0. The lowest BCUT2D eigenvalue weighted by atomic mass is 9.88. The molecule has 2 nitrogen and oxygen atoms in total. The highest BCUT2D eigenvalue weighted by Crippen LogP contribution is 2.29. The second-order valence-electron chi connectivity index (χ2n) is 6.34. The van der Waals surface area contributed by atoms with Crippen LogP contribution in [0.4, 0.5) is 8.78 Å². The molecule has 0 spiro atoms. The Morgan fingerprint density at radius 2 is 2.00 bits per heavy atom. The van der Waals surface area contributed by atoms with Gasteiger partial charge in [0.05, 0.1) is 12.2 Å². The summed E-state index contributed by atoms with van der Waals surface area (Å²) in [6.07, 6.45) is 0.492. The van der Waals surface area contributed by atoms with Crippen molar-refractivity contribution in [2.75, 3.05) is 13.1 Å². The highest BCUT2D eigenvalue weighted by molar-refractivity contribution is 5.22. The Kier molecular flexibility index (Phi) is 4.21. The summed E-state index contributed by atoms with van der Waals surface area (Å²) in [5, 5.41) is 3.24. The van der Waals surface area contributed by atoms with Crippen LogP contribution in [0.1, 0.15) is 38.9 Å². The van der Waals surface area contributed by atoms with Crippen LogP contribution in [0.3, 0.4) is 0 Å². The summed E-state index contributed by atoms with van der Waals surface area (Å²) in [5.41, 5.74) is 0.445. The van der Waals surface area contributed by atoms with Gasteiger partial charge in [0.2, 0.25) is 0 Å². The maximum Gasteiger partial charge on any atom is 0.129 e.